The number of nitrogens with zero attached hydrogens (tertiary/aromatic N) is 6. The van der Waals surface area contributed by atoms with Crippen LogP contribution in [0.1, 0.15) is 35.3 Å². The van der Waals surface area contributed by atoms with Gasteiger partial charge in [-0.3, -0.25) is 9.78 Å². The van der Waals surface area contributed by atoms with Gasteiger partial charge in [0.15, 0.2) is 11.3 Å². The smallest absolute Gasteiger partial charge is 0.276 e. The maximum absolute atomic E-state index is 13.0. The molecular weight excluding hydrogens is 416 g/mol. The van der Waals surface area contributed by atoms with Crippen molar-refractivity contribution in [2.75, 3.05) is 23.3 Å². The molecule has 0 radical (unpaired) electrons. The van der Waals surface area contributed by atoms with Gasteiger partial charge in [0.2, 0.25) is 0 Å². The van der Waals surface area contributed by atoms with Gasteiger partial charge in [0.1, 0.15) is 5.82 Å². The second kappa shape index (κ2) is 8.29. The minimum Gasteiger partial charge on any atom is -0.357 e. The van der Waals surface area contributed by atoms with Gasteiger partial charge in [0.05, 0.1) is 11.9 Å². The Morgan fingerprint density at radius 3 is 2.69 bits per heavy atom. The maximum atomic E-state index is 13.0. The molecule has 5 heterocycles. The standard InChI is InChI=1S/C22H19F2N7O/c23-21(24)15-9-14(11-25-12-15)17-3-4-19-27-13-18(31(19)29-17)22(32)28-16-5-6-26-20(10-16)30-7-1-2-8-30/h3-6,9-13,21H,1-2,7-8H2,(H,26,28,32). The fraction of sp³-hybridized carbons (Fsp3) is 0.227. The molecule has 0 unspecified atom stereocenters. The first-order valence-corrected chi connectivity index (χ1v) is 10.2. The number of nitrogens with one attached hydrogen (secondary N) is 1. The molecular formula is C22H19F2N7O. The number of halogens is 2. The lowest BCUT2D eigenvalue weighted by Gasteiger charge is -2.17. The van der Waals surface area contributed by atoms with Crippen LogP contribution in [0.5, 0.6) is 0 Å². The van der Waals surface area contributed by atoms with Gasteiger partial charge in [0, 0.05) is 54.6 Å². The summed E-state index contributed by atoms with van der Waals surface area (Å²) in [6.07, 6.45) is 5.29. The summed E-state index contributed by atoms with van der Waals surface area (Å²) in [4.78, 5) is 27.6. The van der Waals surface area contributed by atoms with Crippen molar-refractivity contribution in [2.24, 2.45) is 0 Å². The number of pyridine rings is 2. The largest absolute Gasteiger partial charge is 0.357 e. The Morgan fingerprint density at radius 2 is 1.88 bits per heavy atom. The second-order valence-electron chi connectivity index (χ2n) is 7.49. The highest BCUT2D eigenvalue weighted by Gasteiger charge is 2.17. The van der Waals surface area contributed by atoms with Crippen LogP contribution in [-0.4, -0.2) is 43.6 Å². The fourth-order valence-corrected chi connectivity index (χ4v) is 3.71. The van der Waals surface area contributed by atoms with Gasteiger partial charge < -0.3 is 10.2 Å². The molecule has 0 aromatic carbocycles. The van der Waals surface area contributed by atoms with Crippen molar-refractivity contribution in [2.45, 2.75) is 19.3 Å². The Bertz CT molecular complexity index is 1280. The van der Waals surface area contributed by atoms with Gasteiger partial charge in [0.25, 0.3) is 12.3 Å². The van der Waals surface area contributed by atoms with Gasteiger partial charge in [-0.25, -0.2) is 23.3 Å². The zero-order chi connectivity index (χ0) is 22.1. The molecule has 1 fully saturated rings. The number of aromatic nitrogens is 5. The van der Waals surface area contributed by atoms with Crippen molar-refractivity contribution >= 4 is 23.1 Å². The molecule has 0 aliphatic carbocycles. The van der Waals surface area contributed by atoms with E-state index in [0.717, 1.165) is 37.9 Å². The molecule has 1 amide bonds. The van der Waals surface area contributed by atoms with Gasteiger partial charge in [-0.1, -0.05) is 0 Å². The van der Waals surface area contributed by atoms with Crippen molar-refractivity contribution in [1.82, 2.24) is 24.6 Å². The van der Waals surface area contributed by atoms with Crippen molar-refractivity contribution < 1.29 is 13.6 Å². The third-order valence-electron chi connectivity index (χ3n) is 5.34. The Morgan fingerprint density at radius 1 is 1.03 bits per heavy atom. The van der Waals surface area contributed by atoms with E-state index in [2.05, 4.69) is 30.3 Å². The van der Waals surface area contributed by atoms with Crippen LogP contribution < -0.4 is 10.2 Å². The normalized spacial score (nSPS) is 13.8. The van der Waals surface area contributed by atoms with Gasteiger partial charge in [-0.05, 0) is 37.1 Å². The number of hydrogen-bond acceptors (Lipinski definition) is 6. The van der Waals surface area contributed by atoms with Crippen LogP contribution in [0, 0.1) is 0 Å². The molecule has 8 nitrogen and oxygen atoms in total. The molecule has 1 aliphatic rings. The van der Waals surface area contributed by atoms with Crippen molar-refractivity contribution in [3.8, 4) is 11.3 Å². The minimum absolute atomic E-state index is 0.195. The van der Waals surface area contributed by atoms with E-state index in [-0.39, 0.29) is 17.2 Å². The SMILES string of the molecule is O=C(Nc1ccnc(N2CCCC2)c1)c1cnc2ccc(-c3cncc(C(F)F)c3)nn12. The Labute approximate surface area is 181 Å². The Hall–Kier alpha value is -3.95. The molecule has 32 heavy (non-hydrogen) atoms. The molecule has 0 saturated carbocycles. The van der Waals surface area contributed by atoms with Crippen LogP contribution >= 0.6 is 0 Å². The van der Waals surface area contributed by atoms with E-state index in [4.69, 9.17) is 0 Å². The van der Waals surface area contributed by atoms with Crippen LogP contribution in [0.4, 0.5) is 20.3 Å². The molecule has 1 N–H and O–H groups in total. The first-order chi connectivity index (χ1) is 15.6. The lowest BCUT2D eigenvalue weighted by molar-refractivity contribution is 0.102. The molecule has 4 aromatic rings. The molecule has 1 saturated heterocycles. The summed E-state index contributed by atoms with van der Waals surface area (Å²) in [6.45, 7) is 1.90. The number of carbonyl (C=O) groups excluding carboxylic acids is 1. The van der Waals surface area contributed by atoms with Crippen LogP contribution in [0.2, 0.25) is 0 Å². The number of fused-ring (bicyclic) bond motifs is 1. The fourth-order valence-electron chi connectivity index (χ4n) is 3.71. The summed E-state index contributed by atoms with van der Waals surface area (Å²) >= 11 is 0. The quantitative estimate of drug-likeness (QED) is 0.510. The Balaban J connectivity index is 1.43. The van der Waals surface area contributed by atoms with E-state index in [9.17, 15) is 13.6 Å². The monoisotopic (exact) mass is 435 g/mol. The summed E-state index contributed by atoms with van der Waals surface area (Å²) in [7, 11) is 0. The summed E-state index contributed by atoms with van der Waals surface area (Å²) in [5, 5.41) is 7.30. The number of carbonyl (C=O) groups is 1. The summed E-state index contributed by atoms with van der Waals surface area (Å²) in [5.74, 6) is 0.436. The van der Waals surface area contributed by atoms with Gasteiger partial charge in [-0.2, -0.15) is 5.10 Å². The van der Waals surface area contributed by atoms with Gasteiger partial charge >= 0.3 is 0 Å². The van der Waals surface area contributed by atoms with E-state index in [1.54, 1.807) is 24.4 Å². The average Bonchev–Trinajstić information content (AvgIpc) is 3.49. The van der Waals surface area contributed by atoms with Crippen LogP contribution in [0.25, 0.3) is 16.9 Å². The predicted molar refractivity (Wildman–Crippen MR) is 115 cm³/mol. The van der Waals surface area contributed by atoms with E-state index in [1.807, 2.05) is 6.07 Å². The molecule has 5 rings (SSSR count). The topological polar surface area (TPSA) is 88.3 Å². The van der Waals surface area contributed by atoms with Crippen LogP contribution in [0.15, 0.2) is 55.1 Å². The second-order valence-corrected chi connectivity index (χ2v) is 7.49. The van der Waals surface area contributed by atoms with Crippen molar-refractivity contribution in [3.05, 3.63) is 66.4 Å². The predicted octanol–water partition coefficient (Wildman–Crippen LogP) is 3.98. The van der Waals surface area contributed by atoms with Crippen molar-refractivity contribution in [3.63, 3.8) is 0 Å². The average molecular weight is 435 g/mol. The number of anilines is 2. The number of rotatable bonds is 5. The molecule has 1 aliphatic heterocycles. The van der Waals surface area contributed by atoms with E-state index in [1.165, 1.54) is 23.0 Å². The molecule has 10 heteroatoms. The van der Waals surface area contributed by atoms with Gasteiger partial charge in [-0.15, -0.1) is 0 Å². The first kappa shape index (κ1) is 20.0. The lowest BCUT2D eigenvalue weighted by Crippen LogP contribution is -2.20. The first-order valence-electron chi connectivity index (χ1n) is 10.2. The van der Waals surface area contributed by atoms with Crippen LogP contribution in [0.3, 0.4) is 0 Å². The van der Waals surface area contributed by atoms with E-state index in [0.29, 0.717) is 22.6 Å². The molecule has 0 bridgehead atoms. The lowest BCUT2D eigenvalue weighted by atomic mass is 10.1. The zero-order valence-corrected chi connectivity index (χ0v) is 16.9. The Kier molecular flexibility index (Phi) is 5.18. The third-order valence-corrected chi connectivity index (χ3v) is 5.34. The zero-order valence-electron chi connectivity index (χ0n) is 16.9. The molecule has 162 valence electrons. The van der Waals surface area contributed by atoms with Crippen LogP contribution in [-0.2, 0) is 0 Å². The molecule has 0 atom stereocenters. The van der Waals surface area contributed by atoms with E-state index < -0.39 is 6.43 Å². The summed E-state index contributed by atoms with van der Waals surface area (Å²) in [5.41, 5.74) is 1.93. The number of alkyl halides is 2. The number of imidazole rings is 1. The molecule has 4 aromatic heterocycles. The summed E-state index contributed by atoms with van der Waals surface area (Å²) in [6, 6.07) is 8.22. The summed E-state index contributed by atoms with van der Waals surface area (Å²) < 4.78 is 27.5. The third kappa shape index (κ3) is 3.86. The van der Waals surface area contributed by atoms with E-state index >= 15 is 0 Å². The minimum atomic E-state index is -2.63. The number of amides is 1. The van der Waals surface area contributed by atoms with Crippen molar-refractivity contribution in [1.29, 1.82) is 0 Å². The maximum Gasteiger partial charge on any atom is 0.276 e. The highest BCUT2D eigenvalue weighted by molar-refractivity contribution is 6.03. The highest BCUT2D eigenvalue weighted by Crippen LogP contribution is 2.24. The molecule has 0 spiro atoms. The number of hydrogen-bond donors (Lipinski definition) is 1. The highest BCUT2D eigenvalue weighted by atomic mass is 19.3.